The molecule has 1 aliphatic carbocycles. The third kappa shape index (κ3) is 3.63. The highest BCUT2D eigenvalue weighted by Gasteiger charge is 2.45. The Bertz CT molecular complexity index is 960. The van der Waals surface area contributed by atoms with Gasteiger partial charge in [-0.2, -0.15) is 0 Å². The first-order chi connectivity index (χ1) is 12.7. The van der Waals surface area contributed by atoms with E-state index in [9.17, 15) is 19.1 Å². The molecule has 0 saturated heterocycles. The van der Waals surface area contributed by atoms with Crippen LogP contribution in [0, 0.1) is 12.7 Å². The van der Waals surface area contributed by atoms with Gasteiger partial charge in [0, 0.05) is 18.4 Å². The highest BCUT2D eigenvalue weighted by atomic mass is 19.1. The number of allylic oxidation sites excluding steroid dienone is 1. The van der Waals surface area contributed by atoms with Gasteiger partial charge in [-0.05, 0) is 61.2 Å². The molecule has 1 unspecified atom stereocenters. The van der Waals surface area contributed by atoms with Crippen molar-refractivity contribution in [2.45, 2.75) is 39.2 Å². The smallest absolute Gasteiger partial charge is 0.330 e. The van der Waals surface area contributed by atoms with Crippen molar-refractivity contribution in [2.75, 3.05) is 0 Å². The molecule has 27 heavy (non-hydrogen) atoms. The number of amides is 1. The van der Waals surface area contributed by atoms with Crippen LogP contribution in [-0.4, -0.2) is 22.5 Å². The lowest BCUT2D eigenvalue weighted by atomic mass is 9.93. The predicted molar refractivity (Wildman–Crippen MR) is 102 cm³/mol. The van der Waals surface area contributed by atoms with E-state index in [1.54, 1.807) is 18.2 Å². The van der Waals surface area contributed by atoms with Gasteiger partial charge in [-0.25, -0.2) is 9.18 Å². The van der Waals surface area contributed by atoms with Gasteiger partial charge in [-0.3, -0.25) is 4.79 Å². The minimum absolute atomic E-state index is 0.0605. The third-order valence-electron chi connectivity index (χ3n) is 4.92. The summed E-state index contributed by atoms with van der Waals surface area (Å²) >= 11 is 0. The first kappa shape index (κ1) is 18.8. The number of rotatable bonds is 4. The first-order valence-corrected chi connectivity index (χ1v) is 8.79. The molecular weight excluding hydrogens is 345 g/mol. The monoisotopic (exact) mass is 367 g/mol. The summed E-state index contributed by atoms with van der Waals surface area (Å²) in [5.74, 6) is -1.98. The quantitative estimate of drug-likeness (QED) is 0.861. The van der Waals surface area contributed by atoms with Gasteiger partial charge in [0.25, 0.3) is 5.91 Å². The summed E-state index contributed by atoms with van der Waals surface area (Å²) < 4.78 is 13.5. The molecule has 5 heteroatoms. The number of carboxylic acids is 1. The van der Waals surface area contributed by atoms with Gasteiger partial charge in [0.05, 0.1) is 0 Å². The van der Waals surface area contributed by atoms with Crippen LogP contribution in [0.3, 0.4) is 0 Å². The molecule has 0 heterocycles. The molecule has 2 N–H and O–H groups in total. The number of nitrogens with one attached hydrogen (secondary N) is 1. The van der Waals surface area contributed by atoms with E-state index >= 15 is 0 Å². The minimum atomic E-state index is -1.47. The lowest BCUT2D eigenvalue weighted by Crippen LogP contribution is -2.55. The average Bonchev–Trinajstić information content (AvgIpc) is 2.94. The molecule has 1 amide bonds. The van der Waals surface area contributed by atoms with Gasteiger partial charge in [-0.15, -0.1) is 0 Å². The van der Waals surface area contributed by atoms with Crippen LogP contribution < -0.4 is 5.32 Å². The predicted octanol–water partition coefficient (Wildman–Crippen LogP) is 3.91. The maximum Gasteiger partial charge on any atom is 0.330 e. The summed E-state index contributed by atoms with van der Waals surface area (Å²) in [6.07, 6.45) is 2.11. The number of fused-ring (bicyclic) bond motifs is 1. The number of carbonyl (C=O) groups excluding carboxylic acids is 1. The standard InChI is InChI=1S/C22H22FNO3/c1-13(2)9-19-14(3)5-4-6-18(19)20(25)24-22(21(26)27)11-15-7-8-17(23)10-16(15)12-22/h4-10H,11-12H2,1-3H3,(H,24,25)(H,26,27). The van der Waals surface area contributed by atoms with Crippen LogP contribution >= 0.6 is 0 Å². The highest BCUT2D eigenvalue weighted by Crippen LogP contribution is 2.32. The van der Waals surface area contributed by atoms with E-state index in [1.165, 1.54) is 12.1 Å². The van der Waals surface area contributed by atoms with E-state index in [0.29, 0.717) is 11.1 Å². The molecule has 3 rings (SSSR count). The fourth-order valence-electron chi connectivity index (χ4n) is 3.58. The molecule has 0 saturated carbocycles. The number of carbonyl (C=O) groups is 2. The second-order valence-corrected chi connectivity index (χ2v) is 7.37. The lowest BCUT2D eigenvalue weighted by molar-refractivity contribution is -0.144. The number of benzene rings is 2. The highest BCUT2D eigenvalue weighted by molar-refractivity contribution is 6.01. The summed E-state index contributed by atoms with van der Waals surface area (Å²) in [5, 5.41) is 12.6. The number of aryl methyl sites for hydroxylation is 1. The molecule has 0 bridgehead atoms. The molecule has 0 aliphatic heterocycles. The maximum absolute atomic E-state index is 13.5. The molecule has 1 atom stereocenters. The average molecular weight is 367 g/mol. The van der Waals surface area contributed by atoms with E-state index in [0.717, 1.165) is 22.3 Å². The molecule has 0 spiro atoms. The van der Waals surface area contributed by atoms with Gasteiger partial charge in [0.2, 0.25) is 0 Å². The summed E-state index contributed by atoms with van der Waals surface area (Å²) in [4.78, 5) is 25.1. The van der Waals surface area contributed by atoms with Crippen molar-refractivity contribution < 1.29 is 19.1 Å². The van der Waals surface area contributed by atoms with Crippen LogP contribution in [0.5, 0.6) is 0 Å². The summed E-state index contributed by atoms with van der Waals surface area (Å²) in [7, 11) is 0. The van der Waals surface area contributed by atoms with Crippen LogP contribution in [0.15, 0.2) is 42.0 Å². The number of hydrogen-bond acceptors (Lipinski definition) is 2. The van der Waals surface area contributed by atoms with Crippen molar-refractivity contribution in [3.8, 4) is 0 Å². The van der Waals surface area contributed by atoms with Crippen molar-refractivity contribution in [3.05, 3.63) is 75.6 Å². The Morgan fingerprint density at radius 3 is 2.52 bits per heavy atom. The molecule has 2 aromatic rings. The van der Waals surface area contributed by atoms with Crippen molar-refractivity contribution in [1.82, 2.24) is 5.32 Å². The van der Waals surface area contributed by atoms with Gasteiger partial charge in [-0.1, -0.05) is 29.8 Å². The second kappa shape index (κ2) is 6.99. The van der Waals surface area contributed by atoms with Crippen molar-refractivity contribution in [2.24, 2.45) is 0 Å². The second-order valence-electron chi connectivity index (χ2n) is 7.37. The Labute approximate surface area is 157 Å². The Morgan fingerprint density at radius 1 is 1.15 bits per heavy atom. The van der Waals surface area contributed by atoms with Crippen LogP contribution in [-0.2, 0) is 17.6 Å². The fraction of sp³-hybridized carbons (Fsp3) is 0.273. The van der Waals surface area contributed by atoms with Gasteiger partial charge < -0.3 is 10.4 Å². The van der Waals surface area contributed by atoms with Crippen LogP contribution in [0.4, 0.5) is 4.39 Å². The molecule has 0 fully saturated rings. The lowest BCUT2D eigenvalue weighted by Gasteiger charge is -2.26. The van der Waals surface area contributed by atoms with Crippen LogP contribution in [0.2, 0.25) is 0 Å². The van der Waals surface area contributed by atoms with Crippen molar-refractivity contribution in [1.29, 1.82) is 0 Å². The largest absolute Gasteiger partial charge is 0.479 e. The van der Waals surface area contributed by atoms with E-state index in [1.807, 2.05) is 32.9 Å². The van der Waals surface area contributed by atoms with E-state index in [-0.39, 0.29) is 12.8 Å². The zero-order valence-corrected chi connectivity index (χ0v) is 15.6. The van der Waals surface area contributed by atoms with Gasteiger partial charge in [0.15, 0.2) is 0 Å². The zero-order chi connectivity index (χ0) is 19.8. The summed E-state index contributed by atoms with van der Waals surface area (Å²) in [5.41, 5.74) is 3.06. The Balaban J connectivity index is 1.97. The molecule has 4 nitrogen and oxygen atoms in total. The molecule has 2 aromatic carbocycles. The molecular formula is C22H22FNO3. The SMILES string of the molecule is CC(C)=Cc1c(C)cccc1C(=O)NC1(C(=O)O)Cc2ccc(F)cc2C1. The third-order valence-corrected chi connectivity index (χ3v) is 4.92. The summed E-state index contributed by atoms with van der Waals surface area (Å²) in [6, 6.07) is 9.61. The minimum Gasteiger partial charge on any atom is -0.479 e. The maximum atomic E-state index is 13.5. The Kier molecular flexibility index (Phi) is 4.87. The number of carboxylic acid groups (broad SMARTS) is 1. The van der Waals surface area contributed by atoms with Gasteiger partial charge in [0.1, 0.15) is 11.4 Å². The van der Waals surface area contributed by atoms with Crippen LogP contribution in [0.1, 0.15) is 46.5 Å². The Morgan fingerprint density at radius 2 is 1.85 bits per heavy atom. The topological polar surface area (TPSA) is 66.4 Å². The zero-order valence-electron chi connectivity index (χ0n) is 15.6. The molecule has 0 aromatic heterocycles. The van der Waals surface area contributed by atoms with Crippen molar-refractivity contribution >= 4 is 18.0 Å². The Hall–Kier alpha value is -2.95. The number of halogens is 1. The summed E-state index contributed by atoms with van der Waals surface area (Å²) in [6.45, 7) is 5.79. The number of hydrogen-bond donors (Lipinski definition) is 2. The van der Waals surface area contributed by atoms with E-state index < -0.39 is 23.2 Å². The van der Waals surface area contributed by atoms with Crippen molar-refractivity contribution in [3.63, 3.8) is 0 Å². The molecule has 1 aliphatic rings. The van der Waals surface area contributed by atoms with Gasteiger partial charge >= 0.3 is 5.97 Å². The molecule has 0 radical (unpaired) electrons. The normalized spacial score (nSPS) is 17.9. The van der Waals surface area contributed by atoms with E-state index in [4.69, 9.17) is 0 Å². The van der Waals surface area contributed by atoms with Crippen LogP contribution in [0.25, 0.3) is 6.08 Å². The fourth-order valence-corrected chi connectivity index (χ4v) is 3.58. The number of aliphatic carboxylic acids is 1. The first-order valence-electron chi connectivity index (χ1n) is 8.79. The molecule has 140 valence electrons. The van der Waals surface area contributed by atoms with E-state index in [2.05, 4.69) is 5.32 Å².